The summed E-state index contributed by atoms with van der Waals surface area (Å²) in [6, 6.07) is 16.4. The molecule has 2 aromatic carbocycles. The second-order valence-electron chi connectivity index (χ2n) is 6.30. The van der Waals surface area contributed by atoms with E-state index in [4.69, 9.17) is 15.5 Å². The van der Waals surface area contributed by atoms with Gasteiger partial charge in [0, 0.05) is 70.5 Å². The third-order valence-electron chi connectivity index (χ3n) is 4.69. The number of anilines is 1. The van der Waals surface area contributed by atoms with Gasteiger partial charge in [-0.3, -0.25) is 3.97 Å². The number of hydrogen-bond acceptors (Lipinski definition) is 4. The fourth-order valence-corrected chi connectivity index (χ4v) is 4.48. The van der Waals surface area contributed by atoms with Crippen molar-refractivity contribution in [3.63, 3.8) is 0 Å². The molecule has 0 aliphatic carbocycles. The highest BCUT2D eigenvalue weighted by Crippen LogP contribution is 2.39. The van der Waals surface area contributed by atoms with E-state index in [1.165, 1.54) is 0 Å². The SMILES string of the molecule is COc1ccccc1-c1cn(SI)c2ncc(-c3ccc(N)c(C)c3)cc12. The lowest BCUT2D eigenvalue weighted by Gasteiger charge is -2.08. The summed E-state index contributed by atoms with van der Waals surface area (Å²) in [5, 5.41) is 1.09. The van der Waals surface area contributed by atoms with Crippen molar-refractivity contribution in [1.82, 2.24) is 8.96 Å². The quantitative estimate of drug-likeness (QED) is 0.279. The summed E-state index contributed by atoms with van der Waals surface area (Å²) in [6.07, 6.45) is 4.04. The van der Waals surface area contributed by atoms with Crippen LogP contribution in [0.25, 0.3) is 33.3 Å². The van der Waals surface area contributed by atoms with Gasteiger partial charge in [-0.05, 0) is 42.3 Å². The van der Waals surface area contributed by atoms with Gasteiger partial charge in [-0.1, -0.05) is 24.3 Å². The highest BCUT2D eigenvalue weighted by atomic mass is 127. The Balaban J connectivity index is 1.95. The largest absolute Gasteiger partial charge is 0.496 e. The summed E-state index contributed by atoms with van der Waals surface area (Å²) >= 11 is 2.27. The van der Waals surface area contributed by atoms with E-state index in [1.807, 2.05) is 43.5 Å². The van der Waals surface area contributed by atoms with Gasteiger partial charge in [-0.25, -0.2) is 4.98 Å². The van der Waals surface area contributed by atoms with Crippen molar-refractivity contribution < 1.29 is 4.74 Å². The van der Waals surface area contributed by atoms with Gasteiger partial charge < -0.3 is 10.5 Å². The number of halogens is 1. The summed E-state index contributed by atoms with van der Waals surface area (Å²) < 4.78 is 7.66. The van der Waals surface area contributed by atoms with Crippen molar-refractivity contribution in [2.75, 3.05) is 12.8 Å². The normalized spacial score (nSPS) is 11.1. The fraction of sp³-hybridized carbons (Fsp3) is 0.0952. The van der Waals surface area contributed by atoms with Crippen LogP contribution in [0.5, 0.6) is 5.75 Å². The number of fused-ring (bicyclic) bond motifs is 1. The topological polar surface area (TPSA) is 53.1 Å². The number of nitrogen functional groups attached to an aromatic ring is 1. The number of aryl methyl sites for hydroxylation is 1. The van der Waals surface area contributed by atoms with Crippen LogP contribution in [0.3, 0.4) is 0 Å². The predicted molar refractivity (Wildman–Crippen MR) is 123 cm³/mol. The van der Waals surface area contributed by atoms with Crippen molar-refractivity contribution in [1.29, 1.82) is 0 Å². The lowest BCUT2D eigenvalue weighted by molar-refractivity contribution is 0.416. The van der Waals surface area contributed by atoms with Gasteiger partial charge >= 0.3 is 0 Å². The van der Waals surface area contributed by atoms with Crippen LogP contribution in [0, 0.1) is 6.92 Å². The Bertz CT molecular complexity index is 1140. The predicted octanol–water partition coefficient (Wildman–Crippen LogP) is 6.12. The van der Waals surface area contributed by atoms with E-state index in [2.05, 4.69) is 49.6 Å². The Morgan fingerprint density at radius 2 is 1.89 bits per heavy atom. The average molecular weight is 487 g/mol. The summed E-state index contributed by atoms with van der Waals surface area (Å²) in [4.78, 5) is 4.75. The number of hydrogen-bond donors (Lipinski definition) is 1. The molecule has 6 heteroatoms. The Hall–Kier alpha value is -2.19. The zero-order valence-corrected chi connectivity index (χ0v) is 17.9. The molecular formula is C21H18IN3OS. The molecule has 136 valence electrons. The third-order valence-corrected chi connectivity index (χ3v) is 6.39. The highest BCUT2D eigenvalue weighted by molar-refractivity contribution is 14.2. The number of nitrogens with zero attached hydrogens (tertiary/aromatic N) is 2. The maximum atomic E-state index is 5.97. The summed E-state index contributed by atoms with van der Waals surface area (Å²) in [7, 11) is 3.30. The average Bonchev–Trinajstić information content (AvgIpc) is 3.07. The number of para-hydroxylation sites is 1. The van der Waals surface area contributed by atoms with Gasteiger partial charge in [0.25, 0.3) is 0 Å². The molecule has 0 radical (unpaired) electrons. The third kappa shape index (κ3) is 3.27. The molecule has 4 nitrogen and oxygen atoms in total. The monoisotopic (exact) mass is 487 g/mol. The first-order valence-electron chi connectivity index (χ1n) is 8.42. The van der Waals surface area contributed by atoms with Gasteiger partial charge in [0.1, 0.15) is 5.75 Å². The Morgan fingerprint density at radius 3 is 2.63 bits per heavy atom. The number of rotatable bonds is 4. The number of methoxy groups -OCH3 is 1. The zero-order valence-electron chi connectivity index (χ0n) is 14.9. The van der Waals surface area contributed by atoms with Gasteiger partial charge in [0.15, 0.2) is 5.65 Å². The van der Waals surface area contributed by atoms with Gasteiger partial charge in [0.05, 0.1) is 7.11 Å². The molecule has 0 atom stereocenters. The summed E-state index contributed by atoms with van der Waals surface area (Å²) in [5.41, 5.74) is 13.1. The van der Waals surface area contributed by atoms with E-state index in [-0.39, 0.29) is 0 Å². The van der Waals surface area contributed by atoms with E-state index in [1.54, 1.807) is 16.2 Å². The summed E-state index contributed by atoms with van der Waals surface area (Å²) in [5.74, 6) is 0.851. The second kappa shape index (κ2) is 7.44. The lowest BCUT2D eigenvalue weighted by Crippen LogP contribution is -1.90. The molecule has 0 amide bonds. The van der Waals surface area contributed by atoms with Crippen LogP contribution in [-0.2, 0) is 0 Å². The maximum Gasteiger partial charge on any atom is 0.151 e. The molecule has 0 spiro atoms. The first-order valence-corrected chi connectivity index (χ1v) is 11.7. The van der Waals surface area contributed by atoms with Gasteiger partial charge in [-0.2, -0.15) is 0 Å². The highest BCUT2D eigenvalue weighted by Gasteiger charge is 2.16. The molecule has 0 aliphatic heterocycles. The van der Waals surface area contributed by atoms with E-state index in [0.717, 1.165) is 50.3 Å². The van der Waals surface area contributed by atoms with Crippen LogP contribution >= 0.6 is 30.3 Å². The fourth-order valence-electron chi connectivity index (χ4n) is 3.23. The van der Waals surface area contributed by atoms with Crippen molar-refractivity contribution in [3.05, 3.63) is 66.5 Å². The smallest absolute Gasteiger partial charge is 0.151 e. The minimum absolute atomic E-state index is 0.801. The zero-order chi connectivity index (χ0) is 19.0. The lowest BCUT2D eigenvalue weighted by atomic mass is 10.0. The maximum absolute atomic E-state index is 5.97. The molecule has 0 fully saturated rings. The molecule has 4 aromatic rings. The molecular weight excluding hydrogens is 469 g/mol. The Labute approximate surface area is 174 Å². The van der Waals surface area contributed by atoms with Crippen LogP contribution in [0.1, 0.15) is 5.56 Å². The van der Waals surface area contributed by atoms with Crippen molar-refractivity contribution in [3.8, 4) is 28.0 Å². The molecule has 0 saturated carbocycles. The van der Waals surface area contributed by atoms with Crippen LogP contribution in [0.4, 0.5) is 5.69 Å². The first-order chi connectivity index (χ1) is 13.1. The number of benzene rings is 2. The van der Waals surface area contributed by atoms with Gasteiger partial charge in [-0.15, -0.1) is 0 Å². The molecule has 0 aliphatic rings. The summed E-state index contributed by atoms with van der Waals surface area (Å²) in [6.45, 7) is 2.02. The van der Waals surface area contributed by atoms with Crippen LogP contribution in [0.2, 0.25) is 0 Å². The minimum atomic E-state index is 0.801. The standard InChI is InChI=1S/C21H18IN3OS/c1-13-9-14(7-8-19(13)23)15-10-17-18(12-25(27-22)21(17)24-11-15)16-5-3-4-6-20(16)26-2/h3-12H,23H2,1-2H3. The van der Waals surface area contributed by atoms with Crippen molar-refractivity contribution >= 4 is 47.0 Å². The molecule has 0 bridgehead atoms. The molecule has 2 aromatic heterocycles. The molecule has 0 saturated heterocycles. The van der Waals surface area contributed by atoms with E-state index in [0.29, 0.717) is 0 Å². The van der Waals surface area contributed by atoms with Crippen molar-refractivity contribution in [2.45, 2.75) is 6.92 Å². The Kier molecular flexibility index (Phi) is 5.01. The van der Waals surface area contributed by atoms with Crippen LogP contribution < -0.4 is 10.5 Å². The first kappa shape index (κ1) is 18.2. The molecule has 4 rings (SSSR count). The molecule has 0 unspecified atom stereocenters. The number of aromatic nitrogens is 2. The minimum Gasteiger partial charge on any atom is -0.496 e. The molecule has 27 heavy (non-hydrogen) atoms. The number of pyridine rings is 1. The second-order valence-corrected chi connectivity index (χ2v) is 8.02. The van der Waals surface area contributed by atoms with Gasteiger partial charge in [0.2, 0.25) is 0 Å². The van der Waals surface area contributed by atoms with E-state index >= 15 is 0 Å². The van der Waals surface area contributed by atoms with E-state index in [9.17, 15) is 0 Å². The number of ether oxygens (including phenoxy) is 1. The van der Waals surface area contributed by atoms with Crippen molar-refractivity contribution in [2.24, 2.45) is 0 Å². The van der Waals surface area contributed by atoms with Crippen LogP contribution in [0.15, 0.2) is 60.9 Å². The van der Waals surface area contributed by atoms with E-state index < -0.39 is 0 Å². The Morgan fingerprint density at radius 1 is 1.07 bits per heavy atom. The van der Waals surface area contributed by atoms with Crippen LogP contribution in [-0.4, -0.2) is 16.1 Å². The molecule has 2 N–H and O–H groups in total. The number of nitrogens with two attached hydrogens (primary N) is 1. The molecule has 2 heterocycles.